The first-order valence-corrected chi connectivity index (χ1v) is 6.69. The molecule has 1 rings (SSSR count). The minimum absolute atomic E-state index is 0.0576. The Morgan fingerprint density at radius 3 is 1.90 bits per heavy atom. The zero-order valence-corrected chi connectivity index (χ0v) is 13.1. The summed E-state index contributed by atoms with van der Waals surface area (Å²) in [6.45, 7) is 2.48. The molecule has 0 aromatic heterocycles. The lowest BCUT2D eigenvalue weighted by Gasteiger charge is -2.23. The molecule has 118 valence electrons. The highest BCUT2D eigenvalue weighted by atomic mass is 19.4. The van der Waals surface area contributed by atoms with Crippen LogP contribution in [0.25, 0.3) is 0 Å². The Morgan fingerprint density at radius 2 is 1.52 bits per heavy atom. The van der Waals surface area contributed by atoms with Crippen molar-refractivity contribution < 1.29 is 13.2 Å². The van der Waals surface area contributed by atoms with Crippen LogP contribution in [0.4, 0.5) is 13.2 Å². The van der Waals surface area contributed by atoms with Crippen molar-refractivity contribution in [3.8, 4) is 0 Å². The minimum atomic E-state index is -4.29. The van der Waals surface area contributed by atoms with Crippen LogP contribution in [0.5, 0.6) is 0 Å². The average molecular weight is 301 g/mol. The van der Waals surface area contributed by atoms with Crippen molar-refractivity contribution >= 4 is 5.96 Å². The molecule has 0 saturated carbocycles. The van der Waals surface area contributed by atoms with Gasteiger partial charge in [0.1, 0.15) is 0 Å². The van der Waals surface area contributed by atoms with Crippen molar-refractivity contribution in [2.75, 3.05) is 34.7 Å². The lowest BCUT2D eigenvalue weighted by Crippen LogP contribution is -2.35. The first-order chi connectivity index (χ1) is 9.62. The molecule has 3 nitrogen and oxygen atoms in total. The van der Waals surface area contributed by atoms with Crippen molar-refractivity contribution in [1.29, 1.82) is 0 Å². The highest BCUT2D eigenvalue weighted by molar-refractivity contribution is 5.79. The molecule has 0 aliphatic rings. The molecular weight excluding hydrogens is 279 g/mol. The predicted octanol–water partition coefficient (Wildman–Crippen LogP) is 3.29. The first kappa shape index (κ1) is 17.3. The maximum Gasteiger partial charge on any atom is 0.416 e. The lowest BCUT2D eigenvalue weighted by atomic mass is 10.00. The van der Waals surface area contributed by atoms with E-state index in [2.05, 4.69) is 4.99 Å². The standard InChI is InChI=1S/C15H22F3N3/c1-11(10-19-14(20(2)3)21(4)5)12-6-8-13(9-7-12)15(16,17)18/h6-9,11H,10H2,1-5H3. The third-order valence-electron chi connectivity index (χ3n) is 3.11. The summed E-state index contributed by atoms with van der Waals surface area (Å²) in [4.78, 5) is 8.32. The monoisotopic (exact) mass is 301 g/mol. The molecule has 0 N–H and O–H groups in total. The highest BCUT2D eigenvalue weighted by Crippen LogP contribution is 2.30. The van der Waals surface area contributed by atoms with Crippen molar-refractivity contribution in [1.82, 2.24) is 9.80 Å². The topological polar surface area (TPSA) is 18.8 Å². The van der Waals surface area contributed by atoms with Gasteiger partial charge in [-0.05, 0) is 17.7 Å². The molecule has 1 aromatic rings. The number of hydrogen-bond donors (Lipinski definition) is 0. The fourth-order valence-corrected chi connectivity index (χ4v) is 2.01. The van der Waals surface area contributed by atoms with E-state index in [0.717, 1.165) is 23.7 Å². The zero-order chi connectivity index (χ0) is 16.2. The van der Waals surface area contributed by atoms with E-state index < -0.39 is 11.7 Å². The van der Waals surface area contributed by atoms with Crippen LogP contribution in [-0.2, 0) is 6.18 Å². The molecular formula is C15H22F3N3. The summed E-state index contributed by atoms with van der Waals surface area (Å²) in [5.74, 6) is 0.885. The number of aliphatic imine (C=N–C) groups is 1. The molecule has 0 saturated heterocycles. The molecule has 0 radical (unpaired) electrons. The lowest BCUT2D eigenvalue weighted by molar-refractivity contribution is -0.137. The summed E-state index contributed by atoms with van der Waals surface area (Å²) >= 11 is 0. The minimum Gasteiger partial charge on any atom is -0.349 e. The smallest absolute Gasteiger partial charge is 0.349 e. The molecule has 0 heterocycles. The average Bonchev–Trinajstić information content (AvgIpc) is 2.37. The summed E-state index contributed by atoms with van der Waals surface area (Å²) in [7, 11) is 7.62. The molecule has 0 bridgehead atoms. The van der Waals surface area contributed by atoms with Gasteiger partial charge in [0.25, 0.3) is 0 Å². The molecule has 21 heavy (non-hydrogen) atoms. The normalized spacial score (nSPS) is 12.8. The van der Waals surface area contributed by atoms with E-state index in [1.54, 1.807) is 0 Å². The first-order valence-electron chi connectivity index (χ1n) is 6.69. The van der Waals surface area contributed by atoms with Crippen LogP contribution in [-0.4, -0.2) is 50.5 Å². The number of guanidine groups is 1. The Morgan fingerprint density at radius 1 is 1.05 bits per heavy atom. The molecule has 1 atom stereocenters. The molecule has 0 spiro atoms. The fourth-order valence-electron chi connectivity index (χ4n) is 2.01. The number of nitrogens with zero attached hydrogens (tertiary/aromatic N) is 3. The van der Waals surface area contributed by atoms with Crippen molar-refractivity contribution in [2.45, 2.75) is 19.0 Å². The van der Waals surface area contributed by atoms with Gasteiger partial charge in [0.2, 0.25) is 0 Å². The third-order valence-corrected chi connectivity index (χ3v) is 3.11. The zero-order valence-electron chi connectivity index (χ0n) is 13.1. The van der Waals surface area contributed by atoms with Crippen molar-refractivity contribution in [3.63, 3.8) is 0 Å². The third kappa shape index (κ3) is 4.95. The van der Waals surface area contributed by atoms with Crippen LogP contribution >= 0.6 is 0 Å². The molecule has 6 heteroatoms. The van der Waals surface area contributed by atoms with Gasteiger partial charge in [0, 0.05) is 40.7 Å². The summed E-state index contributed by atoms with van der Waals surface area (Å²) in [5.41, 5.74) is 0.229. The van der Waals surface area contributed by atoms with Crippen LogP contribution in [0.15, 0.2) is 29.3 Å². The molecule has 0 fully saturated rings. The van der Waals surface area contributed by atoms with Crippen LogP contribution in [0.1, 0.15) is 24.0 Å². The van der Waals surface area contributed by atoms with Crippen molar-refractivity contribution in [2.24, 2.45) is 4.99 Å². The maximum atomic E-state index is 12.5. The van der Waals surface area contributed by atoms with Crippen molar-refractivity contribution in [3.05, 3.63) is 35.4 Å². The molecule has 1 aromatic carbocycles. The Kier molecular flexibility index (Phi) is 5.63. The van der Waals surface area contributed by atoms with Gasteiger partial charge < -0.3 is 9.80 Å². The largest absolute Gasteiger partial charge is 0.416 e. The van der Waals surface area contributed by atoms with Crippen LogP contribution in [0, 0.1) is 0 Å². The fraction of sp³-hybridized carbons (Fsp3) is 0.533. The van der Waals surface area contributed by atoms with E-state index in [0.29, 0.717) is 6.54 Å². The maximum absolute atomic E-state index is 12.5. The van der Waals surface area contributed by atoms with Crippen LogP contribution in [0.3, 0.4) is 0 Å². The molecule has 1 unspecified atom stereocenters. The van der Waals surface area contributed by atoms with E-state index in [9.17, 15) is 13.2 Å². The highest BCUT2D eigenvalue weighted by Gasteiger charge is 2.30. The van der Waals surface area contributed by atoms with E-state index in [-0.39, 0.29) is 5.92 Å². The summed E-state index contributed by atoms with van der Waals surface area (Å²) in [6.07, 6.45) is -4.29. The summed E-state index contributed by atoms with van der Waals surface area (Å²) in [6, 6.07) is 5.28. The van der Waals surface area contributed by atoms with Gasteiger partial charge in [-0.2, -0.15) is 13.2 Å². The second-order valence-corrected chi connectivity index (χ2v) is 5.45. The predicted molar refractivity (Wildman–Crippen MR) is 79.5 cm³/mol. The number of hydrogen-bond acceptors (Lipinski definition) is 1. The second kappa shape index (κ2) is 6.83. The van der Waals surface area contributed by atoms with Crippen LogP contribution in [0.2, 0.25) is 0 Å². The quantitative estimate of drug-likeness (QED) is 0.630. The van der Waals surface area contributed by atoms with E-state index in [4.69, 9.17) is 0 Å². The van der Waals surface area contributed by atoms with Gasteiger partial charge in [0.05, 0.1) is 5.56 Å². The van der Waals surface area contributed by atoms with Gasteiger partial charge in [-0.15, -0.1) is 0 Å². The van der Waals surface area contributed by atoms with Crippen LogP contribution < -0.4 is 0 Å². The number of rotatable bonds is 3. The Labute approximate surface area is 124 Å². The molecule has 0 aliphatic carbocycles. The Balaban J connectivity index is 2.80. The molecule has 0 aliphatic heterocycles. The second-order valence-electron chi connectivity index (χ2n) is 5.45. The van der Waals surface area contributed by atoms with E-state index >= 15 is 0 Å². The van der Waals surface area contributed by atoms with Gasteiger partial charge >= 0.3 is 6.18 Å². The number of benzene rings is 1. The van der Waals surface area contributed by atoms with Gasteiger partial charge in [-0.3, -0.25) is 4.99 Å². The summed E-state index contributed by atoms with van der Waals surface area (Å²) in [5, 5.41) is 0. The SMILES string of the molecule is CC(CN=C(N(C)C)N(C)C)c1ccc(C(F)(F)F)cc1. The Bertz CT molecular complexity index is 466. The van der Waals surface area contributed by atoms with Gasteiger partial charge in [-0.25, -0.2) is 0 Å². The summed E-state index contributed by atoms with van der Waals surface area (Å²) < 4.78 is 37.6. The van der Waals surface area contributed by atoms with Gasteiger partial charge in [-0.1, -0.05) is 19.1 Å². The number of alkyl halides is 3. The van der Waals surface area contributed by atoms with E-state index in [1.165, 1.54) is 12.1 Å². The van der Waals surface area contributed by atoms with E-state index in [1.807, 2.05) is 44.9 Å². The molecule has 0 amide bonds. The Hall–Kier alpha value is -1.72. The number of halogens is 3. The van der Waals surface area contributed by atoms with Gasteiger partial charge in [0.15, 0.2) is 5.96 Å².